The Kier molecular flexibility index (Phi) is 8.20. The number of hydrogen-bond donors (Lipinski definition) is 1. The minimum Gasteiger partial charge on any atom is -0.478 e. The highest BCUT2D eigenvalue weighted by Crippen LogP contribution is 2.25. The lowest BCUT2D eigenvalue weighted by molar-refractivity contribution is -0.135. The number of sulfonamides is 1. The summed E-state index contributed by atoms with van der Waals surface area (Å²) < 4.78 is 47.6. The quantitative estimate of drug-likeness (QED) is 0.406. The number of nitrogens with one attached hydrogen (secondary N) is 1. The summed E-state index contributed by atoms with van der Waals surface area (Å²) in [7, 11) is -3.82. The molecule has 0 radical (unpaired) electrons. The molecule has 0 bridgehead atoms. The summed E-state index contributed by atoms with van der Waals surface area (Å²) in [4.78, 5) is 25.7. The van der Waals surface area contributed by atoms with E-state index in [2.05, 4.69) is 5.32 Å². The molecule has 0 unspecified atom stereocenters. The lowest BCUT2D eigenvalue weighted by Crippen LogP contribution is -2.57. The van der Waals surface area contributed by atoms with Crippen molar-refractivity contribution in [1.29, 1.82) is 0 Å². The lowest BCUT2D eigenvalue weighted by atomic mass is 10.0. The van der Waals surface area contributed by atoms with Gasteiger partial charge in [0.1, 0.15) is 11.9 Å². The van der Waals surface area contributed by atoms with Gasteiger partial charge in [0, 0.05) is 29.2 Å². The van der Waals surface area contributed by atoms with Crippen molar-refractivity contribution in [2.45, 2.75) is 43.0 Å². The first-order valence-corrected chi connectivity index (χ1v) is 13.9. The van der Waals surface area contributed by atoms with Crippen LogP contribution in [0.15, 0.2) is 83.8 Å². The van der Waals surface area contributed by atoms with Crippen LogP contribution in [0.5, 0.6) is 5.75 Å². The standard InChI is InChI=1S/C28H28ClFN2O5S/c1-28(2,37-22-14-10-20(11-15-22)26(33)19-8-12-21(29)13-9-19)27(34)31-25-16-17-32(18-24(25)30)38(35,36)23-6-4-3-5-7-23/h3-15,24-25H,16-18H2,1-2H3,(H,31,34)/t24-,25-/m1/s1. The van der Waals surface area contributed by atoms with E-state index in [1.165, 1.54) is 12.1 Å². The highest BCUT2D eigenvalue weighted by Gasteiger charge is 2.39. The number of ketones is 1. The molecule has 1 heterocycles. The fourth-order valence-electron chi connectivity index (χ4n) is 4.12. The van der Waals surface area contributed by atoms with Gasteiger partial charge < -0.3 is 10.1 Å². The van der Waals surface area contributed by atoms with Gasteiger partial charge in [-0.3, -0.25) is 9.59 Å². The van der Waals surface area contributed by atoms with Crippen molar-refractivity contribution in [1.82, 2.24) is 9.62 Å². The van der Waals surface area contributed by atoms with E-state index in [-0.39, 0.29) is 30.2 Å². The first-order chi connectivity index (χ1) is 18.0. The topological polar surface area (TPSA) is 92.8 Å². The third-order valence-electron chi connectivity index (χ3n) is 6.34. The number of amides is 1. The van der Waals surface area contributed by atoms with Crippen molar-refractivity contribution in [3.63, 3.8) is 0 Å². The van der Waals surface area contributed by atoms with Crippen LogP contribution in [0, 0.1) is 0 Å². The molecule has 7 nitrogen and oxygen atoms in total. The molecule has 0 spiro atoms. The number of hydrogen-bond acceptors (Lipinski definition) is 5. The Morgan fingerprint density at radius 1 is 0.974 bits per heavy atom. The second kappa shape index (κ2) is 11.2. The van der Waals surface area contributed by atoms with E-state index in [1.54, 1.807) is 80.6 Å². The maximum atomic E-state index is 15.0. The van der Waals surface area contributed by atoms with Gasteiger partial charge in [-0.2, -0.15) is 4.31 Å². The Labute approximate surface area is 226 Å². The van der Waals surface area contributed by atoms with Gasteiger partial charge in [0.25, 0.3) is 5.91 Å². The monoisotopic (exact) mass is 558 g/mol. The normalized spacial score (nSPS) is 18.5. The number of carbonyl (C=O) groups is 2. The molecule has 1 aliphatic heterocycles. The van der Waals surface area contributed by atoms with Crippen LogP contribution in [0.25, 0.3) is 0 Å². The first kappa shape index (κ1) is 27.8. The third kappa shape index (κ3) is 6.23. The zero-order valence-corrected chi connectivity index (χ0v) is 22.5. The first-order valence-electron chi connectivity index (χ1n) is 12.1. The molecule has 38 heavy (non-hydrogen) atoms. The van der Waals surface area contributed by atoms with E-state index in [9.17, 15) is 18.0 Å². The maximum absolute atomic E-state index is 15.0. The average Bonchev–Trinajstić information content (AvgIpc) is 2.90. The number of benzene rings is 3. The molecule has 4 rings (SSSR count). The number of carbonyl (C=O) groups excluding carboxylic acids is 2. The predicted molar refractivity (Wildman–Crippen MR) is 143 cm³/mol. The summed E-state index contributed by atoms with van der Waals surface area (Å²) in [5.74, 6) is -0.357. The molecule has 10 heteroatoms. The zero-order valence-electron chi connectivity index (χ0n) is 20.9. The van der Waals surface area contributed by atoms with Crippen molar-refractivity contribution in [2.75, 3.05) is 13.1 Å². The van der Waals surface area contributed by atoms with Crippen LogP contribution in [-0.4, -0.2) is 55.3 Å². The Morgan fingerprint density at radius 2 is 1.55 bits per heavy atom. The summed E-state index contributed by atoms with van der Waals surface area (Å²) in [6.45, 7) is 2.83. The number of rotatable bonds is 8. The molecule has 1 amide bonds. The van der Waals surface area contributed by atoms with Crippen molar-refractivity contribution >= 4 is 33.3 Å². The van der Waals surface area contributed by atoms with Crippen LogP contribution < -0.4 is 10.1 Å². The number of nitrogens with zero attached hydrogens (tertiary/aromatic N) is 1. The minimum atomic E-state index is -3.82. The molecule has 3 aromatic carbocycles. The van der Waals surface area contributed by atoms with Gasteiger partial charge in [0.15, 0.2) is 11.4 Å². The molecular formula is C28H28ClFN2O5S. The second-order valence-electron chi connectivity index (χ2n) is 9.53. The number of alkyl halides is 1. The predicted octanol–water partition coefficient (Wildman–Crippen LogP) is 4.65. The third-order valence-corrected chi connectivity index (χ3v) is 8.48. The zero-order chi connectivity index (χ0) is 27.5. The molecule has 2 atom stereocenters. The maximum Gasteiger partial charge on any atom is 0.263 e. The van der Waals surface area contributed by atoms with Crippen LogP contribution in [0.2, 0.25) is 5.02 Å². The van der Waals surface area contributed by atoms with Gasteiger partial charge in [0.2, 0.25) is 10.0 Å². The summed E-state index contributed by atoms with van der Waals surface area (Å²) >= 11 is 5.88. The number of ether oxygens (including phenoxy) is 1. The molecule has 3 aromatic rings. The Balaban J connectivity index is 1.35. The van der Waals surface area contributed by atoms with Gasteiger partial charge in [0.05, 0.1) is 10.9 Å². The van der Waals surface area contributed by atoms with Gasteiger partial charge >= 0.3 is 0 Å². The summed E-state index contributed by atoms with van der Waals surface area (Å²) in [6, 6.07) is 19.9. The fourth-order valence-corrected chi connectivity index (χ4v) is 5.73. The van der Waals surface area contributed by atoms with E-state index >= 15 is 4.39 Å². The SMILES string of the molecule is CC(C)(Oc1ccc(C(=O)c2ccc(Cl)cc2)cc1)C(=O)N[C@@H]1CCN(S(=O)(=O)c2ccccc2)C[C@H]1F. The number of piperidine rings is 1. The van der Waals surface area contributed by atoms with E-state index < -0.39 is 33.7 Å². The van der Waals surface area contributed by atoms with Crippen molar-refractivity contribution in [3.8, 4) is 5.75 Å². The molecule has 0 saturated carbocycles. The highest BCUT2D eigenvalue weighted by atomic mass is 35.5. The molecule has 1 saturated heterocycles. The fraction of sp³-hybridized carbons (Fsp3) is 0.286. The molecule has 0 aliphatic carbocycles. The number of halogens is 2. The molecular weight excluding hydrogens is 531 g/mol. The van der Waals surface area contributed by atoms with Crippen LogP contribution in [0.4, 0.5) is 4.39 Å². The van der Waals surface area contributed by atoms with Crippen molar-refractivity contribution in [2.24, 2.45) is 0 Å². The van der Waals surface area contributed by atoms with Gasteiger partial charge in [-0.1, -0.05) is 29.8 Å². The van der Waals surface area contributed by atoms with E-state index in [1.807, 2.05) is 0 Å². The van der Waals surface area contributed by atoms with Crippen molar-refractivity contribution < 1.29 is 27.1 Å². The Hall–Kier alpha value is -3.27. The second-order valence-corrected chi connectivity index (χ2v) is 11.9. The molecule has 200 valence electrons. The molecule has 1 fully saturated rings. The van der Waals surface area contributed by atoms with Crippen LogP contribution >= 0.6 is 11.6 Å². The smallest absolute Gasteiger partial charge is 0.263 e. The Morgan fingerprint density at radius 3 is 2.13 bits per heavy atom. The van der Waals surface area contributed by atoms with Crippen LogP contribution in [0.1, 0.15) is 36.2 Å². The van der Waals surface area contributed by atoms with E-state index in [0.29, 0.717) is 21.9 Å². The minimum absolute atomic E-state index is 0.0764. The average molecular weight is 559 g/mol. The molecule has 1 N–H and O–H groups in total. The van der Waals surface area contributed by atoms with E-state index in [0.717, 1.165) is 4.31 Å². The largest absolute Gasteiger partial charge is 0.478 e. The summed E-state index contributed by atoms with van der Waals surface area (Å²) in [5, 5.41) is 3.21. The van der Waals surface area contributed by atoms with Gasteiger partial charge in [-0.05, 0) is 80.9 Å². The van der Waals surface area contributed by atoms with Gasteiger partial charge in [-0.15, -0.1) is 0 Å². The van der Waals surface area contributed by atoms with E-state index in [4.69, 9.17) is 16.3 Å². The summed E-state index contributed by atoms with van der Waals surface area (Å²) in [5.41, 5.74) is -0.417. The Bertz CT molecular complexity index is 1400. The van der Waals surface area contributed by atoms with Gasteiger partial charge in [-0.25, -0.2) is 12.8 Å². The highest BCUT2D eigenvalue weighted by molar-refractivity contribution is 7.89. The van der Waals surface area contributed by atoms with Crippen molar-refractivity contribution in [3.05, 3.63) is 95.0 Å². The van der Waals surface area contributed by atoms with Crippen LogP contribution in [0.3, 0.4) is 0 Å². The lowest BCUT2D eigenvalue weighted by Gasteiger charge is -2.36. The molecule has 0 aromatic heterocycles. The summed E-state index contributed by atoms with van der Waals surface area (Å²) in [6.07, 6.45) is -1.46. The molecule has 1 aliphatic rings. The van der Waals surface area contributed by atoms with Crippen LogP contribution in [-0.2, 0) is 14.8 Å².